The lowest BCUT2D eigenvalue weighted by Gasteiger charge is -2.16. The highest BCUT2D eigenvalue weighted by molar-refractivity contribution is 7.79. The number of anilines is 4. The summed E-state index contributed by atoms with van der Waals surface area (Å²) in [6, 6.07) is 59.3. The van der Waals surface area contributed by atoms with Crippen molar-refractivity contribution in [3.8, 4) is 89.0 Å². The van der Waals surface area contributed by atoms with E-state index >= 15 is 0 Å². The summed E-state index contributed by atoms with van der Waals surface area (Å²) in [6.07, 6.45) is 3.48. The minimum Gasteiger partial charge on any atom is -0.481 e. The number of aliphatic carboxylic acids is 4. The summed E-state index contributed by atoms with van der Waals surface area (Å²) >= 11 is 18.4. The average molecular weight is 1510 g/mol. The molecule has 24 heteroatoms. The molecule has 20 nitrogen and oxygen atoms in total. The largest absolute Gasteiger partial charge is 0.481 e. The van der Waals surface area contributed by atoms with Gasteiger partial charge in [0.05, 0.1) is 22.8 Å². The second-order valence-corrected chi connectivity index (χ2v) is 26.7. The van der Waals surface area contributed by atoms with E-state index in [1.165, 1.54) is 0 Å². The highest BCUT2D eigenvalue weighted by Crippen LogP contribution is 2.46. The van der Waals surface area contributed by atoms with Gasteiger partial charge in [-0.25, -0.2) is 9.97 Å². The highest BCUT2D eigenvalue weighted by Gasteiger charge is 2.27. The van der Waals surface area contributed by atoms with Crippen LogP contribution in [0.3, 0.4) is 0 Å². The standard InChI is InChI=1S/C84H66N8O12S4/c93-73(37-77(97)98)89-61-17-13-53(49-9-1-5-45(29-49)41-105)33-57(61)81-65-21-23-67(85-65)82(58-34-54(50-10-2-6-46(30-50)42-106)14-18-62(58)90-74(94)38-78(99)100)69-25-27-71(87-69)84(60-36-56(52-12-4-8-48(32-52)44-108)16-20-64(60)92-76(96)40-80(103)104)72-28-26-70(88-72)83(68-24-22-66(81)86-68)59-35-55(51-11-3-7-47(31-51)43-107)15-19-63(59)91-75(95)39-79(101)102/h1-36,85,88,105-108H,37-44H2,(H,89,93)(H,90,94)(H,91,95)(H,92,96)(H,97,98)(H,99,100)(H,101,102)(H,103,104). The molecule has 0 aliphatic carbocycles. The predicted octanol–water partition coefficient (Wildman–Crippen LogP) is 17.4. The van der Waals surface area contributed by atoms with Gasteiger partial charge in [-0.3, -0.25) is 38.4 Å². The zero-order valence-corrected chi connectivity index (χ0v) is 60.8. The second kappa shape index (κ2) is 32.5. The molecule has 5 heterocycles. The van der Waals surface area contributed by atoms with Crippen LogP contribution in [0.15, 0.2) is 194 Å². The Morgan fingerprint density at radius 3 is 0.704 bits per heavy atom. The fourth-order valence-corrected chi connectivity index (χ4v) is 14.0. The molecule has 0 saturated carbocycles. The molecule has 3 aromatic heterocycles. The molecule has 538 valence electrons. The molecule has 11 aromatic rings. The number of nitrogens with one attached hydrogen (secondary N) is 6. The Morgan fingerprint density at radius 1 is 0.287 bits per heavy atom. The number of aromatic nitrogens is 4. The quantitative estimate of drug-likeness (QED) is 0.0198. The zero-order valence-electron chi connectivity index (χ0n) is 57.2. The van der Waals surface area contributed by atoms with Crippen LogP contribution in [0.5, 0.6) is 0 Å². The summed E-state index contributed by atoms with van der Waals surface area (Å²) in [7, 11) is 0. The SMILES string of the molecule is O=C(O)CC(=O)Nc1ccc(-c2cccc(CS)c2)cc1-c1c2nc(c(-c3cc(-c4cccc(CS)c4)ccc3NC(=O)CC(=O)O)c3ccc([nH]3)c(-c3cc(-c4cccc(CS)c4)ccc3NC(=O)CC(=O)O)c3nc(c(-c4cc(-c5cccc(CS)c5)ccc4NC(=O)CC(=O)O)c4ccc1[nH]4)C=C3)C=C2. The van der Waals surface area contributed by atoms with Crippen LogP contribution in [-0.4, -0.2) is 87.9 Å². The van der Waals surface area contributed by atoms with Crippen molar-refractivity contribution in [3.05, 3.63) is 239 Å². The second-order valence-electron chi connectivity index (χ2n) is 25.5. The van der Waals surface area contributed by atoms with Crippen molar-refractivity contribution in [3.63, 3.8) is 0 Å². The van der Waals surface area contributed by atoms with Gasteiger partial charge in [0.25, 0.3) is 0 Å². The molecule has 0 unspecified atom stereocenters. The molecule has 0 fully saturated rings. The topological polar surface area (TPSA) is 323 Å². The molecule has 2 aliphatic heterocycles. The van der Waals surface area contributed by atoms with E-state index in [1.54, 1.807) is 97.1 Å². The van der Waals surface area contributed by atoms with Crippen LogP contribution in [0.25, 0.3) is 135 Å². The third kappa shape index (κ3) is 16.6. The summed E-state index contributed by atoms with van der Waals surface area (Å²) in [5.74, 6) is -7.25. The van der Waals surface area contributed by atoms with Crippen molar-refractivity contribution in [1.82, 2.24) is 19.9 Å². The molecule has 4 amide bonds. The summed E-state index contributed by atoms with van der Waals surface area (Å²) in [4.78, 5) is 124. The third-order valence-electron chi connectivity index (χ3n) is 18.0. The minimum absolute atomic E-state index is 0.185. The summed E-state index contributed by atoms with van der Waals surface area (Å²) in [5, 5.41) is 51.5. The number of fused-ring (bicyclic) bond motifs is 8. The smallest absolute Gasteiger partial charge is 0.312 e. The van der Waals surface area contributed by atoms with Gasteiger partial charge in [0, 0.05) is 112 Å². The van der Waals surface area contributed by atoms with Gasteiger partial charge in [-0.05, 0) is 164 Å². The number of amides is 4. The van der Waals surface area contributed by atoms with Crippen molar-refractivity contribution in [2.75, 3.05) is 21.3 Å². The summed E-state index contributed by atoms with van der Waals surface area (Å²) in [6.45, 7) is 0. The molecule has 10 N–H and O–H groups in total. The molecular formula is C84H66N8O12S4. The number of hydrogen-bond donors (Lipinski definition) is 14. The van der Waals surface area contributed by atoms with Crippen molar-refractivity contribution in [1.29, 1.82) is 0 Å². The first-order valence-electron chi connectivity index (χ1n) is 33.8. The van der Waals surface area contributed by atoms with Crippen molar-refractivity contribution in [2.45, 2.75) is 48.7 Å². The zero-order chi connectivity index (χ0) is 75.9. The first kappa shape index (κ1) is 73.8. The molecule has 2 aliphatic rings. The van der Waals surface area contributed by atoms with E-state index in [0.29, 0.717) is 112 Å². The van der Waals surface area contributed by atoms with Gasteiger partial charge in [-0.15, -0.1) is 0 Å². The minimum atomic E-state index is -1.38. The van der Waals surface area contributed by atoms with Gasteiger partial charge in [0.2, 0.25) is 23.6 Å². The number of hydrogen-bond acceptors (Lipinski definition) is 14. The van der Waals surface area contributed by atoms with Gasteiger partial charge >= 0.3 is 23.9 Å². The number of carbonyl (C=O) groups excluding carboxylic acids is 4. The van der Waals surface area contributed by atoms with E-state index in [1.807, 2.05) is 121 Å². The molecule has 0 spiro atoms. The molecular weight excluding hydrogens is 1440 g/mol. The lowest BCUT2D eigenvalue weighted by molar-refractivity contribution is -0.141. The van der Waals surface area contributed by atoms with E-state index in [2.05, 4.69) is 81.8 Å². The molecule has 13 rings (SSSR count). The maximum atomic E-state index is 14.0. The summed E-state index contributed by atoms with van der Waals surface area (Å²) in [5.41, 5.74) is 15.5. The number of H-pyrrole nitrogens is 2. The van der Waals surface area contributed by atoms with Crippen LogP contribution in [0, 0.1) is 0 Å². The monoisotopic (exact) mass is 1510 g/mol. The molecule has 0 saturated heterocycles. The lowest BCUT2D eigenvalue weighted by Crippen LogP contribution is -2.16. The van der Waals surface area contributed by atoms with Crippen LogP contribution in [0.1, 0.15) is 70.7 Å². The van der Waals surface area contributed by atoms with Crippen LogP contribution in [0.4, 0.5) is 22.7 Å². The number of carbonyl (C=O) groups is 8. The number of benzene rings is 8. The first-order chi connectivity index (χ1) is 52.2. The highest BCUT2D eigenvalue weighted by atomic mass is 32.1. The van der Waals surface area contributed by atoms with E-state index in [-0.39, 0.29) is 45.5 Å². The van der Waals surface area contributed by atoms with Crippen molar-refractivity contribution in [2.24, 2.45) is 0 Å². The number of carboxylic acids is 4. The fourth-order valence-electron chi connectivity index (χ4n) is 13.2. The Hall–Kier alpha value is -12.5. The number of nitrogens with zero attached hydrogens (tertiary/aromatic N) is 2. The van der Waals surface area contributed by atoms with E-state index in [9.17, 15) is 58.8 Å². The van der Waals surface area contributed by atoms with Crippen LogP contribution in [0.2, 0.25) is 0 Å². The first-order valence-corrected chi connectivity index (χ1v) is 36.3. The molecule has 8 aromatic carbocycles. The third-order valence-corrected chi connectivity index (χ3v) is 19.5. The lowest BCUT2D eigenvalue weighted by atomic mass is 9.95. The Balaban J connectivity index is 1.24. The molecule has 8 bridgehead atoms. The Labute approximate surface area is 639 Å². The Kier molecular flexibility index (Phi) is 22.2. The maximum absolute atomic E-state index is 14.0. The number of thiol groups is 4. The fraction of sp³-hybridized carbons (Fsp3) is 0.0952. The van der Waals surface area contributed by atoms with Gasteiger partial charge < -0.3 is 51.7 Å². The number of carboxylic acid groups (broad SMARTS) is 4. The Bertz CT molecular complexity index is 5120. The predicted molar refractivity (Wildman–Crippen MR) is 437 cm³/mol. The van der Waals surface area contributed by atoms with Crippen molar-refractivity contribution < 1.29 is 58.8 Å². The molecule has 108 heavy (non-hydrogen) atoms. The average Bonchev–Trinajstić information content (AvgIpc) is 1.57. The molecule has 0 radical (unpaired) electrons. The van der Waals surface area contributed by atoms with E-state index in [0.717, 1.165) is 44.5 Å². The summed E-state index contributed by atoms with van der Waals surface area (Å²) < 4.78 is 0. The van der Waals surface area contributed by atoms with Crippen LogP contribution in [-0.2, 0) is 61.4 Å². The van der Waals surface area contributed by atoms with Crippen LogP contribution < -0.4 is 21.3 Å². The van der Waals surface area contributed by atoms with Gasteiger partial charge in [0.1, 0.15) is 25.7 Å². The Morgan fingerprint density at radius 2 is 0.500 bits per heavy atom. The molecule has 0 atom stereocenters. The normalized spacial score (nSPS) is 11.4. The van der Waals surface area contributed by atoms with Gasteiger partial charge in [0.15, 0.2) is 0 Å². The van der Waals surface area contributed by atoms with Crippen LogP contribution >= 0.6 is 50.5 Å². The van der Waals surface area contributed by atoms with Gasteiger partial charge in [-0.1, -0.05) is 121 Å². The van der Waals surface area contributed by atoms with E-state index < -0.39 is 73.2 Å². The van der Waals surface area contributed by atoms with Crippen molar-refractivity contribution >= 4 is 167 Å². The number of aromatic amines is 2. The van der Waals surface area contributed by atoms with E-state index in [4.69, 9.17) is 9.97 Å². The van der Waals surface area contributed by atoms with Gasteiger partial charge in [-0.2, -0.15) is 50.5 Å². The maximum Gasteiger partial charge on any atom is 0.312 e. The number of rotatable bonds is 24.